The Kier molecular flexibility index (Phi) is 6.20. The number of hydrogen-bond donors (Lipinski definition) is 2. The molecule has 0 aliphatic heterocycles. The van der Waals surface area contributed by atoms with Crippen molar-refractivity contribution in [2.45, 2.75) is 45.2 Å². The molecule has 0 fully saturated rings. The minimum atomic E-state index is -0.757. The van der Waals surface area contributed by atoms with Gasteiger partial charge in [0.05, 0.1) is 0 Å². The van der Waals surface area contributed by atoms with Crippen molar-refractivity contribution in [3.05, 3.63) is 0 Å². The van der Waals surface area contributed by atoms with Crippen molar-refractivity contribution in [3.63, 3.8) is 0 Å². The molecule has 0 heterocycles. The summed E-state index contributed by atoms with van der Waals surface area (Å²) in [5, 5.41) is 12.2. The van der Waals surface area contributed by atoms with Crippen molar-refractivity contribution in [2.75, 3.05) is 12.0 Å². The first-order valence-corrected chi connectivity index (χ1v) is 6.38. The summed E-state index contributed by atoms with van der Waals surface area (Å²) < 4.78 is 0. The molecular formula is C10H21NO2S. The molecule has 0 aromatic rings. The van der Waals surface area contributed by atoms with Crippen molar-refractivity contribution in [3.8, 4) is 0 Å². The van der Waals surface area contributed by atoms with E-state index in [1.54, 1.807) is 11.8 Å². The molecule has 0 aromatic carbocycles. The molecule has 0 aliphatic carbocycles. The lowest BCUT2D eigenvalue weighted by molar-refractivity contribution is -0.139. The molecule has 0 aromatic heterocycles. The highest BCUT2D eigenvalue weighted by Gasteiger charge is 2.26. The van der Waals surface area contributed by atoms with Crippen LogP contribution in [0.2, 0.25) is 0 Å². The summed E-state index contributed by atoms with van der Waals surface area (Å²) in [5.41, 5.74) is -0.0568. The van der Waals surface area contributed by atoms with Crippen LogP contribution in [0.3, 0.4) is 0 Å². The number of carbonyl (C=O) groups is 1. The summed E-state index contributed by atoms with van der Waals surface area (Å²) in [6.07, 6.45) is 3.82. The first-order chi connectivity index (χ1) is 6.49. The smallest absolute Gasteiger partial charge is 0.321 e. The summed E-state index contributed by atoms with van der Waals surface area (Å²) in [4.78, 5) is 10.9. The standard InChI is InChI=1S/C10H21NO2S/c1-5-10(3,6-2)11-8(7-14-4)9(12)13/h8,11H,5-7H2,1-4H3,(H,12,13). The Labute approximate surface area is 90.7 Å². The molecule has 14 heavy (non-hydrogen) atoms. The Morgan fingerprint density at radius 3 is 2.29 bits per heavy atom. The van der Waals surface area contributed by atoms with E-state index in [0.717, 1.165) is 12.8 Å². The summed E-state index contributed by atoms with van der Waals surface area (Å²) in [5.74, 6) is -0.141. The van der Waals surface area contributed by atoms with Crippen LogP contribution in [0.25, 0.3) is 0 Å². The van der Waals surface area contributed by atoms with Crippen LogP contribution in [0.1, 0.15) is 33.6 Å². The Morgan fingerprint density at radius 2 is 2.00 bits per heavy atom. The van der Waals surface area contributed by atoms with Gasteiger partial charge in [0.25, 0.3) is 0 Å². The third kappa shape index (κ3) is 4.33. The van der Waals surface area contributed by atoms with Crippen molar-refractivity contribution < 1.29 is 9.90 Å². The molecule has 0 saturated heterocycles. The fourth-order valence-electron chi connectivity index (χ4n) is 1.22. The quantitative estimate of drug-likeness (QED) is 0.687. The van der Waals surface area contributed by atoms with Crippen molar-refractivity contribution in [1.82, 2.24) is 5.32 Å². The highest BCUT2D eigenvalue weighted by atomic mass is 32.2. The van der Waals surface area contributed by atoms with Crippen LogP contribution in [-0.2, 0) is 4.79 Å². The van der Waals surface area contributed by atoms with Gasteiger partial charge >= 0.3 is 5.97 Å². The van der Waals surface area contributed by atoms with E-state index in [9.17, 15) is 4.79 Å². The number of hydrogen-bond acceptors (Lipinski definition) is 3. The maximum Gasteiger partial charge on any atom is 0.321 e. The van der Waals surface area contributed by atoms with Gasteiger partial charge < -0.3 is 5.11 Å². The fraction of sp³-hybridized carbons (Fsp3) is 0.900. The third-order valence-electron chi connectivity index (χ3n) is 2.71. The maximum atomic E-state index is 10.9. The van der Waals surface area contributed by atoms with E-state index in [-0.39, 0.29) is 5.54 Å². The molecular weight excluding hydrogens is 198 g/mol. The lowest BCUT2D eigenvalue weighted by Crippen LogP contribution is -2.51. The molecule has 84 valence electrons. The average molecular weight is 219 g/mol. The number of carboxylic acids is 1. The highest BCUT2D eigenvalue weighted by molar-refractivity contribution is 7.98. The normalized spacial score (nSPS) is 14.0. The lowest BCUT2D eigenvalue weighted by atomic mass is 9.94. The Bertz CT molecular complexity index is 181. The van der Waals surface area contributed by atoms with E-state index in [1.807, 2.05) is 6.26 Å². The van der Waals surface area contributed by atoms with Gasteiger partial charge in [-0.2, -0.15) is 11.8 Å². The SMILES string of the molecule is CCC(C)(CC)NC(CSC)C(=O)O. The maximum absolute atomic E-state index is 10.9. The van der Waals surface area contributed by atoms with Crippen molar-refractivity contribution in [1.29, 1.82) is 0 Å². The molecule has 0 radical (unpaired) electrons. The number of aliphatic carboxylic acids is 1. The molecule has 0 amide bonds. The topological polar surface area (TPSA) is 49.3 Å². The molecule has 1 atom stereocenters. The third-order valence-corrected chi connectivity index (χ3v) is 3.38. The van der Waals surface area contributed by atoms with Gasteiger partial charge in [-0.15, -0.1) is 0 Å². The number of nitrogens with one attached hydrogen (secondary N) is 1. The minimum Gasteiger partial charge on any atom is -0.480 e. The van der Waals surface area contributed by atoms with Crippen molar-refractivity contribution >= 4 is 17.7 Å². The van der Waals surface area contributed by atoms with Crippen LogP contribution in [0.4, 0.5) is 0 Å². The second-order valence-corrected chi connectivity index (χ2v) is 4.67. The zero-order valence-electron chi connectivity index (χ0n) is 9.46. The molecule has 4 heteroatoms. The fourth-order valence-corrected chi connectivity index (χ4v) is 1.78. The average Bonchev–Trinajstić information content (AvgIpc) is 2.17. The summed E-state index contributed by atoms with van der Waals surface area (Å²) in [6.45, 7) is 6.23. The minimum absolute atomic E-state index is 0.0568. The number of rotatable bonds is 7. The summed E-state index contributed by atoms with van der Waals surface area (Å²) in [6, 6.07) is -0.435. The van der Waals surface area contributed by atoms with Gasteiger partial charge in [-0.3, -0.25) is 10.1 Å². The highest BCUT2D eigenvalue weighted by Crippen LogP contribution is 2.15. The van der Waals surface area contributed by atoms with Gasteiger partial charge in [0, 0.05) is 11.3 Å². The van der Waals surface area contributed by atoms with Gasteiger partial charge in [-0.05, 0) is 26.0 Å². The zero-order chi connectivity index (χ0) is 11.2. The predicted octanol–water partition coefficient (Wildman–Crippen LogP) is 1.97. The molecule has 0 aliphatic rings. The van der Waals surface area contributed by atoms with Gasteiger partial charge in [-0.1, -0.05) is 13.8 Å². The second kappa shape index (κ2) is 6.30. The largest absolute Gasteiger partial charge is 0.480 e. The van der Waals surface area contributed by atoms with E-state index in [0.29, 0.717) is 5.75 Å². The van der Waals surface area contributed by atoms with Gasteiger partial charge in [0.2, 0.25) is 0 Å². The number of thioether (sulfide) groups is 1. The molecule has 0 spiro atoms. The van der Waals surface area contributed by atoms with Crippen molar-refractivity contribution in [2.24, 2.45) is 0 Å². The first-order valence-electron chi connectivity index (χ1n) is 4.98. The predicted molar refractivity (Wildman–Crippen MR) is 61.9 cm³/mol. The van der Waals surface area contributed by atoms with E-state index in [2.05, 4.69) is 26.1 Å². The van der Waals surface area contributed by atoms with Crippen LogP contribution < -0.4 is 5.32 Å². The van der Waals surface area contributed by atoms with Crippen LogP contribution >= 0.6 is 11.8 Å². The van der Waals surface area contributed by atoms with E-state index in [4.69, 9.17) is 5.11 Å². The second-order valence-electron chi connectivity index (χ2n) is 3.76. The van der Waals surface area contributed by atoms with Crippen LogP contribution in [0.5, 0.6) is 0 Å². The first kappa shape index (κ1) is 13.8. The molecule has 0 rings (SSSR count). The monoisotopic (exact) mass is 219 g/mol. The lowest BCUT2D eigenvalue weighted by Gasteiger charge is -2.31. The summed E-state index contributed by atoms with van der Waals surface area (Å²) in [7, 11) is 0. The van der Waals surface area contributed by atoms with Gasteiger partial charge in [-0.25, -0.2) is 0 Å². The summed E-state index contributed by atoms with van der Waals surface area (Å²) >= 11 is 1.56. The molecule has 1 unspecified atom stereocenters. The van der Waals surface area contributed by atoms with Crippen LogP contribution in [0, 0.1) is 0 Å². The molecule has 0 saturated carbocycles. The molecule has 3 nitrogen and oxygen atoms in total. The molecule has 2 N–H and O–H groups in total. The molecule has 0 bridgehead atoms. The number of carboxylic acid groups (broad SMARTS) is 1. The zero-order valence-corrected chi connectivity index (χ0v) is 10.3. The van der Waals surface area contributed by atoms with E-state index in [1.165, 1.54) is 0 Å². The van der Waals surface area contributed by atoms with E-state index >= 15 is 0 Å². The van der Waals surface area contributed by atoms with Gasteiger partial charge in [0.15, 0.2) is 0 Å². The van der Waals surface area contributed by atoms with E-state index < -0.39 is 12.0 Å². The van der Waals surface area contributed by atoms with Crippen LogP contribution in [0.15, 0.2) is 0 Å². The van der Waals surface area contributed by atoms with Gasteiger partial charge in [0.1, 0.15) is 6.04 Å². The Balaban J connectivity index is 4.33. The Morgan fingerprint density at radius 1 is 1.50 bits per heavy atom. The Hall–Kier alpha value is -0.220. The van der Waals surface area contributed by atoms with Crippen LogP contribution in [-0.4, -0.2) is 34.7 Å².